The molecule has 0 radical (unpaired) electrons. The van der Waals surface area contributed by atoms with Crippen LogP contribution in [0.25, 0.3) is 0 Å². The number of aliphatic hydroxyl groups is 1. The van der Waals surface area contributed by atoms with Crippen molar-refractivity contribution in [2.24, 2.45) is 0 Å². The van der Waals surface area contributed by atoms with E-state index < -0.39 is 29.5 Å². The van der Waals surface area contributed by atoms with E-state index >= 15 is 0 Å². The Morgan fingerprint density at radius 3 is 1.54 bits per heavy atom. The van der Waals surface area contributed by atoms with Gasteiger partial charge < -0.3 is 35.0 Å². The molecular weight excluding hydrogens is 348 g/mol. The van der Waals surface area contributed by atoms with E-state index in [2.05, 4.69) is 0 Å². The van der Waals surface area contributed by atoms with Crippen molar-refractivity contribution < 1.29 is 44.6 Å². The molecular formula is C17H16O9. The van der Waals surface area contributed by atoms with Crippen molar-refractivity contribution in [2.75, 3.05) is 13.2 Å². The Balaban J connectivity index is 1.91. The summed E-state index contributed by atoms with van der Waals surface area (Å²) in [6.45, 7) is -0.457. The van der Waals surface area contributed by atoms with E-state index in [-0.39, 0.29) is 35.8 Å². The summed E-state index contributed by atoms with van der Waals surface area (Å²) >= 11 is 0. The highest BCUT2D eigenvalue weighted by Gasteiger charge is 2.14. The molecule has 5 N–H and O–H groups in total. The van der Waals surface area contributed by atoms with E-state index in [0.717, 1.165) is 24.3 Å². The molecule has 0 aliphatic carbocycles. The average Bonchev–Trinajstić information content (AvgIpc) is 2.59. The molecule has 0 heterocycles. The van der Waals surface area contributed by atoms with Crippen LogP contribution in [0.1, 0.15) is 20.7 Å². The van der Waals surface area contributed by atoms with Gasteiger partial charge in [-0.15, -0.1) is 0 Å². The fraction of sp³-hybridized carbons (Fsp3) is 0.176. The van der Waals surface area contributed by atoms with Gasteiger partial charge in [-0.2, -0.15) is 0 Å². The highest BCUT2D eigenvalue weighted by molar-refractivity contribution is 5.91. The fourth-order valence-corrected chi connectivity index (χ4v) is 1.99. The smallest absolute Gasteiger partial charge is 0.339 e. The topological polar surface area (TPSA) is 154 Å². The van der Waals surface area contributed by atoms with Crippen LogP contribution in [0.5, 0.6) is 23.0 Å². The second-order valence-corrected chi connectivity index (χ2v) is 5.24. The molecule has 0 amide bonds. The Kier molecular flexibility index (Phi) is 5.86. The summed E-state index contributed by atoms with van der Waals surface area (Å²) in [6, 6.07) is 7.23. The number of carboxylic acids is 2. The molecule has 0 aromatic heterocycles. The normalized spacial score (nSPS) is 10.5. The lowest BCUT2D eigenvalue weighted by atomic mass is 10.2. The number of carboxylic acid groups (broad SMARTS) is 2. The maximum Gasteiger partial charge on any atom is 0.339 e. The quantitative estimate of drug-likeness (QED) is 0.466. The first-order chi connectivity index (χ1) is 12.3. The number of aliphatic hydroxyl groups excluding tert-OH is 1. The second kappa shape index (κ2) is 8.08. The van der Waals surface area contributed by atoms with Gasteiger partial charge in [-0.05, 0) is 36.4 Å². The third-order valence-electron chi connectivity index (χ3n) is 3.28. The standard InChI is InChI=1S/C17H16O9/c18-9(7-25-10-1-3-14(19)12(5-10)16(21)22)8-26-11-2-4-15(20)13(6-11)17(23)24/h1-6,9,18-20H,7-8H2,(H,21,22)(H,23,24). The molecule has 0 atom stereocenters. The van der Waals surface area contributed by atoms with Crippen LogP contribution in [0, 0.1) is 0 Å². The molecule has 9 nitrogen and oxygen atoms in total. The van der Waals surface area contributed by atoms with E-state index in [4.69, 9.17) is 19.7 Å². The Hall–Kier alpha value is -3.46. The van der Waals surface area contributed by atoms with Crippen molar-refractivity contribution in [2.45, 2.75) is 6.10 Å². The minimum Gasteiger partial charge on any atom is -0.507 e. The molecule has 2 aromatic carbocycles. The highest BCUT2D eigenvalue weighted by Crippen LogP contribution is 2.24. The van der Waals surface area contributed by atoms with Crippen molar-refractivity contribution in [3.63, 3.8) is 0 Å². The molecule has 0 saturated carbocycles. The van der Waals surface area contributed by atoms with Crippen LogP contribution >= 0.6 is 0 Å². The van der Waals surface area contributed by atoms with Crippen LogP contribution in [0.15, 0.2) is 36.4 Å². The largest absolute Gasteiger partial charge is 0.507 e. The summed E-state index contributed by atoms with van der Waals surface area (Å²) in [5.41, 5.74) is -0.669. The van der Waals surface area contributed by atoms with Gasteiger partial charge in [0, 0.05) is 0 Å². The van der Waals surface area contributed by atoms with Gasteiger partial charge in [-0.3, -0.25) is 0 Å². The van der Waals surface area contributed by atoms with Crippen molar-refractivity contribution >= 4 is 11.9 Å². The molecule has 0 unspecified atom stereocenters. The molecule has 0 bridgehead atoms. The number of benzene rings is 2. The highest BCUT2D eigenvalue weighted by atomic mass is 16.5. The number of hydrogen-bond acceptors (Lipinski definition) is 7. The van der Waals surface area contributed by atoms with Crippen LogP contribution in [-0.2, 0) is 0 Å². The Morgan fingerprint density at radius 2 is 1.19 bits per heavy atom. The SMILES string of the molecule is O=C(O)c1cc(OCC(O)COc2ccc(O)c(C(=O)O)c2)ccc1O. The van der Waals surface area contributed by atoms with Gasteiger partial charge in [-0.25, -0.2) is 9.59 Å². The maximum absolute atomic E-state index is 10.9. The fourth-order valence-electron chi connectivity index (χ4n) is 1.99. The van der Waals surface area contributed by atoms with Gasteiger partial charge in [0.05, 0.1) is 0 Å². The average molecular weight is 364 g/mol. The molecule has 2 rings (SSSR count). The number of phenols is 2. The minimum absolute atomic E-state index is 0.136. The first-order valence-electron chi connectivity index (χ1n) is 7.34. The number of ether oxygens (including phenoxy) is 2. The number of aromatic carboxylic acids is 2. The third-order valence-corrected chi connectivity index (χ3v) is 3.28. The lowest BCUT2D eigenvalue weighted by Gasteiger charge is -2.14. The van der Waals surface area contributed by atoms with Crippen molar-refractivity contribution in [3.05, 3.63) is 47.5 Å². The summed E-state index contributed by atoms with van der Waals surface area (Å²) in [6.07, 6.45) is -1.10. The van der Waals surface area contributed by atoms with Crippen LogP contribution in [0.2, 0.25) is 0 Å². The predicted molar refractivity (Wildman–Crippen MR) is 87.1 cm³/mol. The van der Waals surface area contributed by atoms with Gasteiger partial charge in [-0.1, -0.05) is 0 Å². The summed E-state index contributed by atoms with van der Waals surface area (Å²) in [7, 11) is 0. The number of carbonyl (C=O) groups is 2. The Bertz CT molecular complexity index is 748. The molecule has 9 heteroatoms. The summed E-state index contributed by atoms with van der Waals surface area (Å²) in [5, 5.41) is 46.5. The lowest BCUT2D eigenvalue weighted by Crippen LogP contribution is -2.25. The Labute approximate surface area is 147 Å². The first-order valence-corrected chi connectivity index (χ1v) is 7.34. The molecule has 2 aromatic rings. The molecule has 0 aliphatic rings. The third kappa shape index (κ3) is 4.77. The first kappa shape index (κ1) is 18.9. The second-order valence-electron chi connectivity index (χ2n) is 5.24. The number of aromatic hydroxyl groups is 2. The number of hydrogen-bond donors (Lipinski definition) is 5. The van der Waals surface area contributed by atoms with Gasteiger partial charge in [0.2, 0.25) is 0 Å². The molecule has 0 aliphatic heterocycles. The zero-order chi connectivity index (χ0) is 19.3. The van der Waals surface area contributed by atoms with Gasteiger partial charge >= 0.3 is 11.9 Å². The summed E-state index contributed by atoms with van der Waals surface area (Å²) in [5.74, 6) is -3.18. The van der Waals surface area contributed by atoms with Crippen LogP contribution < -0.4 is 9.47 Å². The number of rotatable bonds is 8. The van der Waals surface area contributed by atoms with E-state index in [1.165, 1.54) is 12.1 Å². The maximum atomic E-state index is 10.9. The zero-order valence-corrected chi connectivity index (χ0v) is 13.3. The van der Waals surface area contributed by atoms with Gasteiger partial charge in [0.15, 0.2) is 0 Å². The van der Waals surface area contributed by atoms with Crippen LogP contribution in [0.4, 0.5) is 0 Å². The van der Waals surface area contributed by atoms with E-state index in [9.17, 15) is 24.9 Å². The van der Waals surface area contributed by atoms with Crippen molar-refractivity contribution in [1.29, 1.82) is 0 Å². The predicted octanol–water partition coefficient (Wildman–Crippen LogP) is 1.31. The monoisotopic (exact) mass is 364 g/mol. The van der Waals surface area contributed by atoms with Crippen molar-refractivity contribution in [3.8, 4) is 23.0 Å². The van der Waals surface area contributed by atoms with E-state index in [1.54, 1.807) is 0 Å². The molecule has 0 saturated heterocycles. The van der Waals surface area contributed by atoms with Gasteiger partial charge in [0.25, 0.3) is 0 Å². The molecule has 0 fully saturated rings. The molecule has 0 spiro atoms. The van der Waals surface area contributed by atoms with Crippen molar-refractivity contribution in [1.82, 2.24) is 0 Å². The van der Waals surface area contributed by atoms with Crippen LogP contribution in [-0.4, -0.2) is 56.8 Å². The summed E-state index contributed by atoms with van der Waals surface area (Å²) < 4.78 is 10.5. The minimum atomic E-state index is -1.32. The molecule has 138 valence electrons. The van der Waals surface area contributed by atoms with Gasteiger partial charge in [0.1, 0.15) is 53.4 Å². The van der Waals surface area contributed by atoms with E-state index in [0.29, 0.717) is 0 Å². The Morgan fingerprint density at radius 1 is 0.808 bits per heavy atom. The van der Waals surface area contributed by atoms with Crippen LogP contribution in [0.3, 0.4) is 0 Å². The zero-order valence-electron chi connectivity index (χ0n) is 13.3. The van der Waals surface area contributed by atoms with E-state index in [1.807, 2.05) is 0 Å². The summed E-state index contributed by atoms with van der Waals surface area (Å²) in [4.78, 5) is 21.9. The lowest BCUT2D eigenvalue weighted by molar-refractivity contribution is 0.0621. The molecule has 26 heavy (non-hydrogen) atoms.